The number of hydrogen-bond donors (Lipinski definition) is 2. The minimum Gasteiger partial charge on any atom is -0.478 e. The molecule has 0 spiro atoms. The number of hydrogen-bond acceptors (Lipinski definition) is 2. The molecule has 110 valence electrons. The Kier molecular flexibility index (Phi) is 4.94. The van der Waals surface area contributed by atoms with Crippen molar-refractivity contribution >= 4 is 17.6 Å². The third kappa shape index (κ3) is 4.03. The predicted octanol–water partition coefficient (Wildman–Crippen LogP) is 4.03. The van der Waals surface area contributed by atoms with Crippen LogP contribution in [0, 0.1) is 5.82 Å². The molecule has 21 heavy (non-hydrogen) atoms. The van der Waals surface area contributed by atoms with Gasteiger partial charge in [0.2, 0.25) is 0 Å². The number of benzene rings is 2. The van der Waals surface area contributed by atoms with Crippen LogP contribution in [0.3, 0.4) is 0 Å². The predicted molar refractivity (Wildman–Crippen MR) is 80.1 cm³/mol. The van der Waals surface area contributed by atoms with Crippen molar-refractivity contribution in [2.24, 2.45) is 0 Å². The molecule has 2 aromatic carbocycles. The number of aromatic carboxylic acids is 1. The normalized spacial score (nSPS) is 12.1. The molecule has 0 radical (unpaired) electrons. The number of carboxylic acids is 1. The van der Waals surface area contributed by atoms with Gasteiger partial charge in [0, 0.05) is 17.6 Å². The quantitative estimate of drug-likeness (QED) is 0.877. The lowest BCUT2D eigenvalue weighted by atomic mass is 10.1. The van der Waals surface area contributed by atoms with E-state index in [1.165, 1.54) is 12.1 Å². The lowest BCUT2D eigenvalue weighted by Crippen LogP contribution is -2.18. The molecule has 0 heterocycles. The summed E-state index contributed by atoms with van der Waals surface area (Å²) in [5, 5.41) is 12.7. The van der Waals surface area contributed by atoms with Gasteiger partial charge in [0.1, 0.15) is 5.82 Å². The van der Waals surface area contributed by atoms with Crippen LogP contribution in [0.15, 0.2) is 42.5 Å². The summed E-state index contributed by atoms with van der Waals surface area (Å²) in [6.07, 6.45) is 0. The van der Waals surface area contributed by atoms with E-state index >= 15 is 0 Å². The van der Waals surface area contributed by atoms with Gasteiger partial charge in [-0.2, -0.15) is 0 Å². The third-order valence-electron chi connectivity index (χ3n) is 3.22. The second-order valence-corrected chi connectivity index (χ2v) is 5.21. The fourth-order valence-corrected chi connectivity index (χ4v) is 2.21. The van der Waals surface area contributed by atoms with E-state index in [4.69, 9.17) is 16.7 Å². The number of nitrogens with one attached hydrogen (secondary N) is 1. The second-order valence-electron chi connectivity index (χ2n) is 4.78. The third-order valence-corrected chi connectivity index (χ3v) is 3.46. The molecule has 0 aliphatic carbocycles. The molecule has 2 aromatic rings. The standard InChI is InChI=1S/C16H15ClFNO2/c1-10(12-3-2-4-13(17)8-12)19-9-11-5-6-14(16(20)21)15(18)7-11/h2-8,10,19H,9H2,1H3,(H,20,21)/t10-/m1/s1. The second kappa shape index (κ2) is 6.70. The van der Waals surface area contributed by atoms with Crippen LogP contribution in [0.2, 0.25) is 5.02 Å². The maximum Gasteiger partial charge on any atom is 0.338 e. The minimum atomic E-state index is -1.26. The Morgan fingerprint density at radius 1 is 1.33 bits per heavy atom. The van der Waals surface area contributed by atoms with Crippen LogP contribution in [0.5, 0.6) is 0 Å². The molecule has 5 heteroatoms. The zero-order valence-electron chi connectivity index (χ0n) is 11.4. The topological polar surface area (TPSA) is 49.3 Å². The molecular formula is C16H15ClFNO2. The molecule has 0 saturated carbocycles. The van der Waals surface area contributed by atoms with Crippen LogP contribution in [-0.4, -0.2) is 11.1 Å². The minimum absolute atomic E-state index is 0.0471. The summed E-state index contributed by atoms with van der Waals surface area (Å²) in [7, 11) is 0. The lowest BCUT2D eigenvalue weighted by molar-refractivity contribution is 0.0692. The van der Waals surface area contributed by atoms with Gasteiger partial charge < -0.3 is 10.4 Å². The summed E-state index contributed by atoms with van der Waals surface area (Å²) in [5.74, 6) is -1.99. The summed E-state index contributed by atoms with van der Waals surface area (Å²) in [6, 6.07) is 11.7. The van der Waals surface area contributed by atoms with Gasteiger partial charge in [-0.15, -0.1) is 0 Å². The number of rotatable bonds is 5. The molecule has 1 atom stereocenters. The fourth-order valence-electron chi connectivity index (χ4n) is 2.01. The summed E-state index contributed by atoms with van der Waals surface area (Å²) in [6.45, 7) is 2.41. The molecule has 0 aliphatic heterocycles. The van der Waals surface area contributed by atoms with Crippen LogP contribution in [-0.2, 0) is 6.54 Å². The van der Waals surface area contributed by atoms with E-state index in [1.54, 1.807) is 12.1 Å². The Balaban J connectivity index is 2.03. The van der Waals surface area contributed by atoms with E-state index < -0.39 is 11.8 Å². The van der Waals surface area contributed by atoms with Crippen molar-refractivity contribution in [1.29, 1.82) is 0 Å². The van der Waals surface area contributed by atoms with E-state index in [0.29, 0.717) is 17.1 Å². The first kappa shape index (κ1) is 15.5. The van der Waals surface area contributed by atoms with Gasteiger partial charge in [-0.3, -0.25) is 0 Å². The first-order chi connectivity index (χ1) is 9.97. The summed E-state index contributed by atoms with van der Waals surface area (Å²) in [4.78, 5) is 10.7. The Bertz CT molecular complexity index is 660. The van der Waals surface area contributed by atoms with Gasteiger partial charge in [0.25, 0.3) is 0 Å². The first-order valence-corrected chi connectivity index (χ1v) is 6.85. The van der Waals surface area contributed by atoms with E-state index in [0.717, 1.165) is 5.56 Å². The summed E-state index contributed by atoms with van der Waals surface area (Å²) in [5.41, 5.74) is 1.40. The van der Waals surface area contributed by atoms with Crippen LogP contribution in [0.4, 0.5) is 4.39 Å². The molecular weight excluding hydrogens is 293 g/mol. The molecule has 0 unspecified atom stereocenters. The Hall–Kier alpha value is -1.91. The Morgan fingerprint density at radius 3 is 2.71 bits per heavy atom. The van der Waals surface area contributed by atoms with E-state index in [1.807, 2.05) is 25.1 Å². The molecule has 0 saturated heterocycles. The molecule has 3 nitrogen and oxygen atoms in total. The van der Waals surface area contributed by atoms with Gasteiger partial charge in [-0.05, 0) is 42.3 Å². The molecule has 0 aromatic heterocycles. The average molecular weight is 308 g/mol. The Labute approximate surface area is 127 Å². The monoisotopic (exact) mass is 307 g/mol. The molecule has 0 bridgehead atoms. The van der Waals surface area contributed by atoms with Gasteiger partial charge in [-0.25, -0.2) is 9.18 Å². The SMILES string of the molecule is C[C@@H](NCc1ccc(C(=O)O)c(F)c1)c1cccc(Cl)c1. The van der Waals surface area contributed by atoms with Crippen LogP contribution in [0.25, 0.3) is 0 Å². The highest BCUT2D eigenvalue weighted by molar-refractivity contribution is 6.30. The molecule has 0 amide bonds. The van der Waals surface area contributed by atoms with Crippen molar-refractivity contribution in [2.45, 2.75) is 19.5 Å². The lowest BCUT2D eigenvalue weighted by Gasteiger charge is -2.15. The van der Waals surface area contributed by atoms with Gasteiger partial charge >= 0.3 is 5.97 Å². The largest absolute Gasteiger partial charge is 0.478 e. The van der Waals surface area contributed by atoms with Gasteiger partial charge in [0.05, 0.1) is 5.56 Å². The highest BCUT2D eigenvalue weighted by atomic mass is 35.5. The van der Waals surface area contributed by atoms with Crippen LogP contribution < -0.4 is 5.32 Å². The number of carbonyl (C=O) groups is 1. The maximum atomic E-state index is 13.6. The smallest absolute Gasteiger partial charge is 0.338 e. The summed E-state index contributed by atoms with van der Waals surface area (Å²) < 4.78 is 13.6. The highest BCUT2D eigenvalue weighted by Crippen LogP contribution is 2.18. The molecule has 2 rings (SSSR count). The van der Waals surface area contributed by atoms with E-state index in [-0.39, 0.29) is 11.6 Å². The fraction of sp³-hybridized carbons (Fsp3) is 0.188. The van der Waals surface area contributed by atoms with Crippen molar-refractivity contribution in [3.63, 3.8) is 0 Å². The highest BCUT2D eigenvalue weighted by Gasteiger charge is 2.11. The van der Waals surface area contributed by atoms with E-state index in [9.17, 15) is 9.18 Å². The van der Waals surface area contributed by atoms with Crippen LogP contribution >= 0.6 is 11.6 Å². The first-order valence-electron chi connectivity index (χ1n) is 6.48. The zero-order valence-corrected chi connectivity index (χ0v) is 12.2. The number of carboxylic acid groups (broad SMARTS) is 1. The summed E-state index contributed by atoms with van der Waals surface area (Å²) >= 11 is 5.94. The van der Waals surface area contributed by atoms with Crippen molar-refractivity contribution < 1.29 is 14.3 Å². The molecule has 0 fully saturated rings. The van der Waals surface area contributed by atoms with Crippen LogP contribution in [0.1, 0.15) is 34.5 Å². The maximum absolute atomic E-state index is 13.6. The zero-order chi connectivity index (χ0) is 15.4. The van der Waals surface area contributed by atoms with Crippen molar-refractivity contribution in [2.75, 3.05) is 0 Å². The van der Waals surface area contributed by atoms with Crippen molar-refractivity contribution in [3.8, 4) is 0 Å². The van der Waals surface area contributed by atoms with E-state index in [2.05, 4.69) is 5.32 Å². The van der Waals surface area contributed by atoms with Crippen molar-refractivity contribution in [1.82, 2.24) is 5.32 Å². The van der Waals surface area contributed by atoms with Gasteiger partial charge in [0.15, 0.2) is 0 Å². The Morgan fingerprint density at radius 2 is 2.10 bits per heavy atom. The molecule has 0 aliphatic rings. The average Bonchev–Trinajstić information content (AvgIpc) is 2.44. The van der Waals surface area contributed by atoms with Crippen molar-refractivity contribution in [3.05, 3.63) is 70.0 Å². The molecule has 2 N–H and O–H groups in total. The van der Waals surface area contributed by atoms with Gasteiger partial charge in [-0.1, -0.05) is 29.8 Å². The number of halogens is 2.